The number of nitrogens with zero attached hydrogens (tertiary/aromatic N) is 5. The van der Waals surface area contributed by atoms with E-state index in [0.29, 0.717) is 41.9 Å². The highest BCUT2D eigenvalue weighted by Crippen LogP contribution is 2.33. The first-order valence-electron chi connectivity index (χ1n) is 10.5. The first-order chi connectivity index (χ1) is 15.8. The summed E-state index contributed by atoms with van der Waals surface area (Å²) in [6, 6.07) is 4.95. The van der Waals surface area contributed by atoms with Crippen molar-refractivity contribution < 1.29 is 24.1 Å². The van der Waals surface area contributed by atoms with Gasteiger partial charge in [-0.15, -0.1) is 0 Å². The molecule has 0 bridgehead atoms. The van der Waals surface area contributed by atoms with Crippen LogP contribution in [0.1, 0.15) is 25.3 Å². The van der Waals surface area contributed by atoms with Gasteiger partial charge < -0.3 is 14.6 Å². The van der Waals surface area contributed by atoms with Crippen LogP contribution in [-0.4, -0.2) is 68.5 Å². The fourth-order valence-electron chi connectivity index (χ4n) is 3.76. The summed E-state index contributed by atoms with van der Waals surface area (Å²) in [6.45, 7) is 1.83. The minimum absolute atomic E-state index is 0. The number of hydrogen-bond acceptors (Lipinski definition) is 5. The van der Waals surface area contributed by atoms with Gasteiger partial charge in [-0.05, 0) is 24.6 Å². The monoisotopic (exact) mass is 462 g/mol. The number of alkyl halides is 3. The van der Waals surface area contributed by atoms with Crippen LogP contribution >= 0.6 is 0 Å². The van der Waals surface area contributed by atoms with Crippen molar-refractivity contribution in [1.29, 1.82) is 0 Å². The number of amides is 1. The standard InChI is InChI=1S/C22H23F3N6O2.H2/c1-3-7-30(8-9-33-2)21(32)17-10-18-14(11-28-17)19(29-31(18)13-22(23,24)25)15-12-27-16-5-4-6-26-20(15)16;/h4-6,10-12,27H,3,7-9,13H2,1-2H3;1H. The Morgan fingerprint density at radius 1 is 1.30 bits per heavy atom. The van der Waals surface area contributed by atoms with E-state index in [4.69, 9.17) is 4.74 Å². The average Bonchev–Trinajstić information content (AvgIpc) is 3.36. The molecule has 4 rings (SSSR count). The van der Waals surface area contributed by atoms with Crippen molar-refractivity contribution >= 4 is 27.8 Å². The minimum atomic E-state index is -4.49. The maximum absolute atomic E-state index is 13.3. The highest BCUT2D eigenvalue weighted by atomic mass is 19.4. The molecule has 33 heavy (non-hydrogen) atoms. The van der Waals surface area contributed by atoms with Crippen LogP contribution in [0, 0.1) is 0 Å². The number of pyridine rings is 2. The molecule has 4 aromatic heterocycles. The van der Waals surface area contributed by atoms with Gasteiger partial charge in [-0.25, -0.2) is 0 Å². The molecule has 0 aliphatic rings. The average molecular weight is 462 g/mol. The molecule has 8 nitrogen and oxygen atoms in total. The lowest BCUT2D eigenvalue weighted by molar-refractivity contribution is -0.141. The van der Waals surface area contributed by atoms with E-state index in [2.05, 4.69) is 20.1 Å². The second-order valence-electron chi connectivity index (χ2n) is 7.60. The molecule has 0 saturated heterocycles. The van der Waals surface area contributed by atoms with Crippen LogP contribution in [0.4, 0.5) is 13.2 Å². The molecule has 0 atom stereocenters. The molecule has 4 heterocycles. The van der Waals surface area contributed by atoms with Gasteiger partial charge in [0.2, 0.25) is 0 Å². The normalized spacial score (nSPS) is 12.0. The summed E-state index contributed by atoms with van der Waals surface area (Å²) in [6.07, 6.45) is 0.895. The number of halogens is 3. The van der Waals surface area contributed by atoms with Crippen LogP contribution in [0.2, 0.25) is 0 Å². The van der Waals surface area contributed by atoms with E-state index in [0.717, 1.165) is 16.6 Å². The predicted octanol–water partition coefficient (Wildman–Crippen LogP) is 4.28. The first kappa shape index (κ1) is 22.7. The lowest BCUT2D eigenvalue weighted by Crippen LogP contribution is -2.35. The number of nitrogens with one attached hydrogen (secondary N) is 1. The summed E-state index contributed by atoms with van der Waals surface area (Å²) < 4.78 is 45.9. The van der Waals surface area contributed by atoms with Gasteiger partial charge in [0.15, 0.2) is 0 Å². The number of fused-ring (bicyclic) bond motifs is 2. The Kier molecular flexibility index (Phi) is 6.32. The third-order valence-corrected chi connectivity index (χ3v) is 5.22. The quantitative estimate of drug-likeness (QED) is 0.422. The Morgan fingerprint density at radius 2 is 2.12 bits per heavy atom. The molecule has 0 unspecified atom stereocenters. The zero-order valence-corrected chi connectivity index (χ0v) is 18.2. The Labute approximate surface area is 188 Å². The highest BCUT2D eigenvalue weighted by Gasteiger charge is 2.31. The van der Waals surface area contributed by atoms with Gasteiger partial charge in [-0.1, -0.05) is 6.92 Å². The number of ether oxygens (including phenoxy) is 1. The minimum Gasteiger partial charge on any atom is -0.383 e. The maximum Gasteiger partial charge on any atom is 0.408 e. The highest BCUT2D eigenvalue weighted by molar-refractivity contribution is 6.03. The van der Waals surface area contributed by atoms with Gasteiger partial charge in [0.25, 0.3) is 5.91 Å². The molecule has 176 valence electrons. The number of methoxy groups -OCH3 is 1. The molecule has 0 fully saturated rings. The second kappa shape index (κ2) is 9.18. The number of carbonyl (C=O) groups is 1. The molecule has 11 heteroatoms. The Morgan fingerprint density at radius 3 is 2.85 bits per heavy atom. The van der Waals surface area contributed by atoms with Crippen LogP contribution in [-0.2, 0) is 11.3 Å². The third kappa shape index (κ3) is 4.68. The molecule has 4 aromatic rings. The van der Waals surface area contributed by atoms with Gasteiger partial charge in [0.1, 0.15) is 17.9 Å². The Hall–Kier alpha value is -3.47. The zero-order valence-electron chi connectivity index (χ0n) is 18.2. The van der Waals surface area contributed by atoms with E-state index in [1.165, 1.54) is 19.4 Å². The maximum atomic E-state index is 13.3. The van der Waals surface area contributed by atoms with Gasteiger partial charge in [-0.3, -0.25) is 19.4 Å². The van der Waals surface area contributed by atoms with Crippen molar-refractivity contribution in [2.75, 3.05) is 26.8 Å². The Balaban J connectivity index is 0.00000324. The van der Waals surface area contributed by atoms with E-state index >= 15 is 0 Å². The number of rotatable bonds is 8. The van der Waals surface area contributed by atoms with E-state index in [1.807, 2.05) is 13.0 Å². The molecule has 0 radical (unpaired) electrons. The topological polar surface area (TPSA) is 88.9 Å². The summed E-state index contributed by atoms with van der Waals surface area (Å²) >= 11 is 0. The number of aromatic amines is 1. The molecule has 1 amide bonds. The molecule has 0 saturated carbocycles. The van der Waals surface area contributed by atoms with Gasteiger partial charge in [0, 0.05) is 51.2 Å². The molecule has 0 spiro atoms. The van der Waals surface area contributed by atoms with Crippen LogP contribution in [0.25, 0.3) is 33.2 Å². The van der Waals surface area contributed by atoms with Gasteiger partial charge in [0.05, 0.1) is 23.2 Å². The van der Waals surface area contributed by atoms with Crippen molar-refractivity contribution in [3.63, 3.8) is 0 Å². The van der Waals surface area contributed by atoms with Crippen molar-refractivity contribution in [3.05, 3.63) is 42.5 Å². The van der Waals surface area contributed by atoms with Crippen molar-refractivity contribution in [2.24, 2.45) is 0 Å². The van der Waals surface area contributed by atoms with E-state index in [-0.39, 0.29) is 18.5 Å². The molecule has 1 N–H and O–H groups in total. The zero-order chi connectivity index (χ0) is 23.6. The fraction of sp³-hybridized carbons (Fsp3) is 0.364. The lowest BCUT2D eigenvalue weighted by Gasteiger charge is -2.21. The molecule has 0 aliphatic carbocycles. The number of hydrogen-bond donors (Lipinski definition) is 1. The summed E-state index contributed by atoms with van der Waals surface area (Å²) in [5.41, 5.74) is 2.43. The van der Waals surface area contributed by atoms with Crippen LogP contribution in [0.15, 0.2) is 36.8 Å². The van der Waals surface area contributed by atoms with Crippen molar-refractivity contribution in [3.8, 4) is 11.3 Å². The molecular formula is C22H25F3N6O2. The smallest absolute Gasteiger partial charge is 0.383 e. The first-order valence-corrected chi connectivity index (χ1v) is 10.5. The van der Waals surface area contributed by atoms with E-state index < -0.39 is 12.7 Å². The van der Waals surface area contributed by atoms with E-state index in [1.54, 1.807) is 23.4 Å². The van der Waals surface area contributed by atoms with Crippen LogP contribution in [0.3, 0.4) is 0 Å². The summed E-state index contributed by atoms with van der Waals surface area (Å²) in [5, 5.41) is 4.65. The number of aromatic nitrogens is 5. The molecular weight excluding hydrogens is 437 g/mol. The third-order valence-electron chi connectivity index (χ3n) is 5.22. The Bertz CT molecular complexity index is 1290. The number of carbonyl (C=O) groups excluding carboxylic acids is 1. The van der Waals surface area contributed by atoms with E-state index in [9.17, 15) is 18.0 Å². The lowest BCUT2D eigenvalue weighted by atomic mass is 10.1. The fourth-order valence-corrected chi connectivity index (χ4v) is 3.76. The van der Waals surface area contributed by atoms with Crippen molar-refractivity contribution in [2.45, 2.75) is 26.1 Å². The SMILES string of the molecule is CCCN(CCOC)C(=O)c1cc2c(cn1)c(-c1c[nH]c3cccnc13)nn2CC(F)(F)F.[HH]. The summed E-state index contributed by atoms with van der Waals surface area (Å²) in [5.74, 6) is -0.370. The number of H-pyrrole nitrogens is 1. The van der Waals surface area contributed by atoms with Crippen LogP contribution < -0.4 is 0 Å². The van der Waals surface area contributed by atoms with Crippen molar-refractivity contribution in [1.82, 2.24) is 29.6 Å². The largest absolute Gasteiger partial charge is 0.408 e. The molecule has 0 aromatic carbocycles. The second-order valence-corrected chi connectivity index (χ2v) is 7.60. The molecule has 0 aliphatic heterocycles. The van der Waals surface area contributed by atoms with Gasteiger partial charge >= 0.3 is 6.18 Å². The summed E-state index contributed by atoms with van der Waals surface area (Å²) in [7, 11) is 1.54. The van der Waals surface area contributed by atoms with Crippen LogP contribution in [0.5, 0.6) is 0 Å². The summed E-state index contributed by atoms with van der Waals surface area (Å²) in [4.78, 5) is 26.3. The predicted molar refractivity (Wildman–Crippen MR) is 119 cm³/mol. The van der Waals surface area contributed by atoms with Gasteiger partial charge in [-0.2, -0.15) is 18.3 Å².